The Bertz CT molecular complexity index is 1350. The van der Waals surface area contributed by atoms with Gasteiger partial charge in [0.15, 0.2) is 16.4 Å². The van der Waals surface area contributed by atoms with Gasteiger partial charge < -0.3 is 14.8 Å². The predicted octanol–water partition coefficient (Wildman–Crippen LogP) is 4.50. The number of carbonyl (C=O) groups is 1. The Labute approximate surface area is 193 Å². The fraction of sp³-hybridized carbons (Fsp3) is 0.160. The molecule has 0 saturated carbocycles. The van der Waals surface area contributed by atoms with E-state index in [4.69, 9.17) is 9.47 Å². The fourth-order valence-electron chi connectivity index (χ4n) is 3.74. The molecule has 7 nitrogen and oxygen atoms in total. The van der Waals surface area contributed by atoms with Crippen molar-refractivity contribution in [3.05, 3.63) is 94.5 Å². The Balaban J connectivity index is 1.75. The van der Waals surface area contributed by atoms with E-state index in [9.17, 15) is 13.2 Å². The number of nitrogens with zero attached hydrogens (tertiary/aromatic N) is 1. The van der Waals surface area contributed by atoms with Crippen molar-refractivity contribution in [1.29, 1.82) is 0 Å². The summed E-state index contributed by atoms with van der Waals surface area (Å²) in [4.78, 5) is 12.8. The Morgan fingerprint density at radius 2 is 1.70 bits per heavy atom. The number of hydrogen-bond acceptors (Lipinski definition) is 6. The third-order valence-corrected chi connectivity index (χ3v) is 7.14. The molecule has 8 heteroatoms. The third kappa shape index (κ3) is 4.29. The molecular weight excluding hydrogens is 440 g/mol. The van der Waals surface area contributed by atoms with Crippen LogP contribution in [-0.4, -0.2) is 28.4 Å². The molecule has 0 saturated heterocycles. The van der Waals surface area contributed by atoms with Crippen molar-refractivity contribution in [1.82, 2.24) is 0 Å². The topological polar surface area (TPSA) is 84.9 Å². The second kappa shape index (κ2) is 8.99. The molecule has 1 N–H and O–H groups in total. The molecule has 0 bridgehead atoms. The number of allylic oxidation sites excluding steroid dienone is 1. The lowest BCUT2D eigenvalue weighted by Crippen LogP contribution is -2.39. The van der Waals surface area contributed by atoms with E-state index in [-0.39, 0.29) is 11.4 Å². The smallest absolute Gasteiger partial charge is 0.270 e. The number of carbonyl (C=O) groups excluding carboxylic acids is 1. The summed E-state index contributed by atoms with van der Waals surface area (Å²) in [5.41, 5.74) is 3.10. The van der Waals surface area contributed by atoms with Gasteiger partial charge in [0.05, 0.1) is 26.5 Å². The maximum absolute atomic E-state index is 13.6. The molecule has 1 aliphatic heterocycles. The summed E-state index contributed by atoms with van der Waals surface area (Å²) in [7, 11) is -1.07. The van der Waals surface area contributed by atoms with Crippen molar-refractivity contribution in [2.24, 2.45) is 0 Å². The molecule has 0 aliphatic carbocycles. The molecular formula is C25H24N2O5S. The van der Waals surface area contributed by atoms with Crippen LogP contribution in [0.1, 0.15) is 21.5 Å². The van der Waals surface area contributed by atoms with Gasteiger partial charge in [-0.3, -0.25) is 9.10 Å². The van der Waals surface area contributed by atoms with E-state index in [1.54, 1.807) is 42.5 Å². The quantitative estimate of drug-likeness (QED) is 0.541. The van der Waals surface area contributed by atoms with Crippen molar-refractivity contribution in [3.63, 3.8) is 0 Å². The number of aryl methyl sites for hydroxylation is 1. The van der Waals surface area contributed by atoms with E-state index in [1.165, 1.54) is 24.7 Å². The number of ether oxygens (including phenoxy) is 2. The summed E-state index contributed by atoms with van der Waals surface area (Å²) in [6.07, 6.45) is 1.23. The van der Waals surface area contributed by atoms with Gasteiger partial charge in [-0.1, -0.05) is 42.0 Å². The third-order valence-electron chi connectivity index (χ3n) is 5.37. The highest BCUT2D eigenvalue weighted by molar-refractivity contribution is 7.97. The van der Waals surface area contributed by atoms with Gasteiger partial charge in [-0.05, 0) is 36.8 Å². The number of para-hydroxylation sites is 1. The van der Waals surface area contributed by atoms with Gasteiger partial charge in [0.2, 0.25) is 5.78 Å². The minimum atomic E-state index is -4.11. The van der Waals surface area contributed by atoms with Crippen LogP contribution in [0, 0.1) is 6.92 Å². The second-order valence-corrected chi connectivity index (χ2v) is 9.40. The number of methoxy groups -OCH3 is 2. The summed E-state index contributed by atoms with van der Waals surface area (Å²) < 4.78 is 38.9. The largest absolute Gasteiger partial charge is 0.493 e. The first-order valence-electron chi connectivity index (χ1n) is 10.3. The molecule has 1 heterocycles. The van der Waals surface area contributed by atoms with Gasteiger partial charge >= 0.3 is 0 Å². The van der Waals surface area contributed by atoms with Crippen LogP contribution in [0.5, 0.6) is 11.5 Å². The predicted molar refractivity (Wildman–Crippen MR) is 128 cm³/mol. The molecule has 33 heavy (non-hydrogen) atoms. The zero-order valence-corrected chi connectivity index (χ0v) is 19.3. The molecule has 3 aromatic rings. The van der Waals surface area contributed by atoms with Crippen LogP contribution in [0.25, 0.3) is 0 Å². The van der Waals surface area contributed by atoms with E-state index < -0.39 is 15.8 Å². The average Bonchev–Trinajstić information content (AvgIpc) is 2.81. The van der Waals surface area contributed by atoms with E-state index >= 15 is 0 Å². The van der Waals surface area contributed by atoms with Crippen LogP contribution in [0.3, 0.4) is 0 Å². The molecule has 0 spiro atoms. The van der Waals surface area contributed by atoms with Crippen molar-refractivity contribution >= 4 is 27.2 Å². The number of benzene rings is 3. The maximum atomic E-state index is 13.6. The van der Waals surface area contributed by atoms with Crippen LogP contribution in [0.2, 0.25) is 0 Å². The second-order valence-electron chi connectivity index (χ2n) is 7.57. The molecule has 0 radical (unpaired) electrons. The summed E-state index contributed by atoms with van der Waals surface area (Å²) in [5.74, 6) is 0.458. The highest BCUT2D eigenvalue weighted by Gasteiger charge is 2.40. The number of nitrogens with one attached hydrogen (secondary N) is 1. The van der Waals surface area contributed by atoms with E-state index in [2.05, 4.69) is 5.32 Å². The van der Waals surface area contributed by atoms with E-state index in [0.29, 0.717) is 28.4 Å². The van der Waals surface area contributed by atoms with Gasteiger partial charge in [0.1, 0.15) is 0 Å². The lowest BCUT2D eigenvalue weighted by atomic mass is 10.1. The van der Waals surface area contributed by atoms with Gasteiger partial charge in [0, 0.05) is 23.5 Å². The number of hydrogen-bond donors (Lipinski definition) is 1. The first-order chi connectivity index (χ1) is 15.8. The molecule has 4 rings (SSSR count). The van der Waals surface area contributed by atoms with Crippen molar-refractivity contribution in [3.8, 4) is 11.5 Å². The minimum Gasteiger partial charge on any atom is -0.493 e. The summed E-state index contributed by atoms with van der Waals surface area (Å²) >= 11 is 0. The van der Waals surface area contributed by atoms with Crippen LogP contribution in [-0.2, 0) is 16.6 Å². The summed E-state index contributed by atoms with van der Waals surface area (Å²) in [6.45, 7) is 2.06. The van der Waals surface area contributed by atoms with E-state index in [0.717, 1.165) is 11.1 Å². The first-order valence-corrected chi connectivity index (χ1v) is 11.7. The normalized spacial score (nSPS) is 15.8. The van der Waals surface area contributed by atoms with Crippen LogP contribution in [0.15, 0.2) is 77.8 Å². The summed E-state index contributed by atoms with van der Waals surface area (Å²) in [6, 6.07) is 19.4. The molecule has 0 aromatic heterocycles. The van der Waals surface area contributed by atoms with E-state index in [1.807, 2.05) is 31.2 Å². The number of Topliss-reactive ketones (excluding diaryl/α,β-unsaturated/α-hetero) is 1. The molecule has 0 fully saturated rings. The fourth-order valence-corrected chi connectivity index (χ4v) is 5.27. The minimum absolute atomic E-state index is 0.113. The number of fused-ring (bicyclic) bond motifs is 1. The molecule has 3 aromatic carbocycles. The molecule has 0 unspecified atom stereocenters. The van der Waals surface area contributed by atoms with Crippen molar-refractivity contribution < 1.29 is 22.7 Å². The molecule has 0 amide bonds. The number of sulfonamides is 1. The Kier molecular flexibility index (Phi) is 6.11. The molecule has 1 aliphatic rings. The summed E-state index contributed by atoms with van der Waals surface area (Å²) in [5, 5.41) is 2.93. The zero-order valence-electron chi connectivity index (χ0n) is 18.5. The average molecular weight is 465 g/mol. The SMILES string of the molecule is COc1ccc(NC=C2C(=O)c3ccccc3N(Cc3cccc(C)c3)S2(=O)=O)cc1OC. The van der Waals surface area contributed by atoms with Gasteiger partial charge in [-0.15, -0.1) is 0 Å². The highest BCUT2D eigenvalue weighted by atomic mass is 32.2. The molecule has 0 atom stereocenters. The Hall–Kier alpha value is -3.78. The van der Waals surface area contributed by atoms with Crippen molar-refractivity contribution in [2.45, 2.75) is 13.5 Å². The lowest BCUT2D eigenvalue weighted by molar-refractivity contribution is 0.104. The van der Waals surface area contributed by atoms with Crippen molar-refractivity contribution in [2.75, 3.05) is 23.8 Å². The van der Waals surface area contributed by atoms with Crippen LogP contribution >= 0.6 is 0 Å². The van der Waals surface area contributed by atoms with Gasteiger partial charge in [-0.2, -0.15) is 0 Å². The number of ketones is 1. The standard InChI is InChI=1S/C25H24N2O5S/c1-17-7-6-8-18(13-17)16-27-21-10-5-4-9-20(21)25(28)24(33(27,29)30)15-26-19-11-12-22(31-2)23(14-19)32-3/h4-15,26H,16H2,1-3H3. The monoisotopic (exact) mass is 464 g/mol. The number of anilines is 2. The Morgan fingerprint density at radius 3 is 2.42 bits per heavy atom. The van der Waals surface area contributed by atoms with Crippen LogP contribution < -0.4 is 19.1 Å². The highest BCUT2D eigenvalue weighted by Crippen LogP contribution is 2.36. The van der Waals surface area contributed by atoms with Gasteiger partial charge in [0.25, 0.3) is 10.0 Å². The molecule has 170 valence electrons. The van der Waals surface area contributed by atoms with Crippen LogP contribution in [0.4, 0.5) is 11.4 Å². The number of rotatable bonds is 6. The Morgan fingerprint density at radius 1 is 0.939 bits per heavy atom. The zero-order chi connectivity index (χ0) is 23.6. The maximum Gasteiger partial charge on any atom is 0.270 e. The first kappa shape index (κ1) is 22.4. The lowest BCUT2D eigenvalue weighted by Gasteiger charge is -2.31. The van der Waals surface area contributed by atoms with Gasteiger partial charge in [-0.25, -0.2) is 8.42 Å².